The predicted molar refractivity (Wildman–Crippen MR) is 113 cm³/mol. The van der Waals surface area contributed by atoms with Gasteiger partial charge in [0, 0.05) is 0 Å². The number of rotatable bonds is 9. The van der Waals surface area contributed by atoms with Crippen LogP contribution in [0.5, 0.6) is 11.5 Å². The van der Waals surface area contributed by atoms with E-state index in [1.165, 1.54) is 26.4 Å². The molecule has 0 bridgehead atoms. The summed E-state index contributed by atoms with van der Waals surface area (Å²) in [4.78, 5) is 13.0. The van der Waals surface area contributed by atoms with Crippen LogP contribution in [0.3, 0.4) is 0 Å². The summed E-state index contributed by atoms with van der Waals surface area (Å²) in [7, 11) is -0.872. The van der Waals surface area contributed by atoms with Crippen molar-refractivity contribution in [2.24, 2.45) is 5.92 Å². The summed E-state index contributed by atoms with van der Waals surface area (Å²) in [5, 5.41) is 2.79. The lowest BCUT2D eigenvalue weighted by atomic mass is 10.0. The first-order chi connectivity index (χ1) is 13.7. The Bertz CT molecular complexity index is 940. The molecular weight excluding hydrogens is 392 g/mol. The van der Waals surface area contributed by atoms with Crippen molar-refractivity contribution in [3.8, 4) is 11.5 Å². The minimum absolute atomic E-state index is 0.0630. The Morgan fingerprint density at radius 3 is 2.24 bits per heavy atom. The molecule has 2 N–H and O–H groups in total. The van der Waals surface area contributed by atoms with E-state index in [9.17, 15) is 13.2 Å². The maximum Gasteiger partial charge on any atom is 0.242 e. The zero-order valence-electron chi connectivity index (χ0n) is 17.4. The molecule has 0 aromatic heterocycles. The first-order valence-corrected chi connectivity index (χ1v) is 10.8. The molecule has 0 aliphatic heterocycles. The normalized spacial score (nSPS) is 12.5. The molecule has 0 saturated carbocycles. The highest BCUT2D eigenvalue weighted by atomic mass is 32.2. The highest BCUT2D eigenvalue weighted by Gasteiger charge is 2.27. The summed E-state index contributed by atoms with van der Waals surface area (Å²) < 4.78 is 38.5. The van der Waals surface area contributed by atoms with E-state index in [1.54, 1.807) is 24.3 Å². The number of sulfonamides is 1. The van der Waals surface area contributed by atoms with Crippen LogP contribution in [0, 0.1) is 12.8 Å². The molecular formula is C21H28N2O5S. The fraction of sp³-hybridized carbons (Fsp3) is 0.381. The largest absolute Gasteiger partial charge is 0.497 e. The number of hydrogen-bond acceptors (Lipinski definition) is 5. The number of amides is 1. The van der Waals surface area contributed by atoms with Crippen LogP contribution in [-0.4, -0.2) is 34.6 Å². The molecule has 0 saturated heterocycles. The van der Waals surface area contributed by atoms with Crippen LogP contribution in [0.1, 0.15) is 25.8 Å². The van der Waals surface area contributed by atoms with Gasteiger partial charge in [0.25, 0.3) is 0 Å². The molecule has 7 nitrogen and oxygen atoms in total. The van der Waals surface area contributed by atoms with Crippen LogP contribution in [0.25, 0.3) is 0 Å². The van der Waals surface area contributed by atoms with E-state index in [0.29, 0.717) is 23.6 Å². The molecule has 2 aromatic rings. The third kappa shape index (κ3) is 6.20. The number of methoxy groups -OCH3 is 2. The third-order valence-corrected chi connectivity index (χ3v) is 5.79. The van der Waals surface area contributed by atoms with E-state index < -0.39 is 22.0 Å². The topological polar surface area (TPSA) is 93.7 Å². The molecule has 0 unspecified atom stereocenters. The Kier molecular flexibility index (Phi) is 7.64. The number of ether oxygens (including phenoxy) is 2. The molecule has 2 aromatic carbocycles. The molecule has 29 heavy (non-hydrogen) atoms. The van der Waals surface area contributed by atoms with Gasteiger partial charge in [0.05, 0.1) is 24.8 Å². The van der Waals surface area contributed by atoms with Crippen molar-refractivity contribution in [2.75, 3.05) is 19.5 Å². The van der Waals surface area contributed by atoms with Crippen molar-refractivity contribution in [3.63, 3.8) is 0 Å². The van der Waals surface area contributed by atoms with E-state index in [2.05, 4.69) is 10.0 Å². The van der Waals surface area contributed by atoms with E-state index in [1.807, 2.05) is 26.8 Å². The smallest absolute Gasteiger partial charge is 0.242 e. The van der Waals surface area contributed by atoms with Crippen LogP contribution in [-0.2, 0) is 14.8 Å². The number of carbonyl (C=O) groups excluding carboxylic acids is 1. The summed E-state index contributed by atoms with van der Waals surface area (Å²) in [6.45, 7) is 5.75. The Morgan fingerprint density at radius 2 is 1.69 bits per heavy atom. The quantitative estimate of drug-likeness (QED) is 0.649. The molecule has 1 amide bonds. The first kappa shape index (κ1) is 22.7. The fourth-order valence-corrected chi connectivity index (χ4v) is 4.04. The van der Waals surface area contributed by atoms with Crippen molar-refractivity contribution in [3.05, 3.63) is 48.0 Å². The summed E-state index contributed by atoms with van der Waals surface area (Å²) in [6.07, 6.45) is 0.343. The lowest BCUT2D eigenvalue weighted by Gasteiger charge is -2.21. The van der Waals surface area contributed by atoms with Gasteiger partial charge in [-0.1, -0.05) is 19.9 Å². The molecule has 0 heterocycles. The molecule has 0 spiro atoms. The molecule has 0 fully saturated rings. The summed E-state index contributed by atoms with van der Waals surface area (Å²) in [6, 6.07) is 10.5. The van der Waals surface area contributed by atoms with Gasteiger partial charge in [0.1, 0.15) is 17.5 Å². The first-order valence-electron chi connectivity index (χ1n) is 9.28. The second-order valence-corrected chi connectivity index (χ2v) is 8.89. The minimum Gasteiger partial charge on any atom is -0.497 e. The van der Waals surface area contributed by atoms with Crippen LogP contribution in [0.2, 0.25) is 0 Å². The molecule has 158 valence electrons. The predicted octanol–water partition coefficient (Wildman–Crippen LogP) is 3.34. The minimum atomic E-state index is -3.89. The van der Waals surface area contributed by atoms with Gasteiger partial charge in [-0.05, 0) is 61.2 Å². The zero-order valence-corrected chi connectivity index (χ0v) is 18.2. The molecule has 1 atom stereocenters. The number of benzene rings is 2. The maximum atomic E-state index is 12.9. The standard InChI is InChI=1S/C21H28N2O5S/c1-14(2)12-19(21(24)22-18-13-15(3)6-11-20(18)28-5)23-29(25,26)17-9-7-16(27-4)8-10-17/h6-11,13-14,19,23H,12H2,1-5H3,(H,22,24)/t19-/m0/s1. The number of nitrogens with one attached hydrogen (secondary N) is 2. The van der Waals surface area contributed by atoms with Crippen LogP contribution in [0.15, 0.2) is 47.4 Å². The maximum absolute atomic E-state index is 12.9. The van der Waals surface area contributed by atoms with Gasteiger partial charge < -0.3 is 14.8 Å². The van der Waals surface area contributed by atoms with Crippen LogP contribution in [0.4, 0.5) is 5.69 Å². The number of hydrogen-bond donors (Lipinski definition) is 2. The number of anilines is 1. The highest BCUT2D eigenvalue weighted by Crippen LogP contribution is 2.26. The second-order valence-electron chi connectivity index (χ2n) is 7.17. The molecule has 0 radical (unpaired) electrons. The van der Waals surface area contributed by atoms with E-state index in [0.717, 1.165) is 5.56 Å². The monoisotopic (exact) mass is 420 g/mol. The molecule has 0 aliphatic rings. The molecule has 2 rings (SSSR count). The summed E-state index contributed by atoms with van der Waals surface area (Å²) in [5.41, 5.74) is 1.44. The summed E-state index contributed by atoms with van der Waals surface area (Å²) in [5.74, 6) is 0.709. The number of aryl methyl sites for hydroxylation is 1. The van der Waals surface area contributed by atoms with Gasteiger partial charge in [-0.3, -0.25) is 4.79 Å². The van der Waals surface area contributed by atoms with Crippen molar-refractivity contribution in [2.45, 2.75) is 38.1 Å². The van der Waals surface area contributed by atoms with Crippen molar-refractivity contribution < 1.29 is 22.7 Å². The van der Waals surface area contributed by atoms with E-state index in [-0.39, 0.29) is 10.8 Å². The lowest BCUT2D eigenvalue weighted by molar-refractivity contribution is -0.118. The average molecular weight is 421 g/mol. The van der Waals surface area contributed by atoms with Gasteiger partial charge >= 0.3 is 0 Å². The SMILES string of the molecule is COc1ccc(S(=O)(=O)N[C@@H](CC(C)C)C(=O)Nc2cc(C)ccc2OC)cc1. The van der Waals surface area contributed by atoms with Gasteiger partial charge in [-0.15, -0.1) is 0 Å². The van der Waals surface area contributed by atoms with Crippen LogP contribution >= 0.6 is 0 Å². The van der Waals surface area contributed by atoms with Gasteiger partial charge in [0.15, 0.2) is 0 Å². The lowest BCUT2D eigenvalue weighted by Crippen LogP contribution is -2.44. The Morgan fingerprint density at radius 1 is 1.03 bits per heavy atom. The van der Waals surface area contributed by atoms with Crippen molar-refractivity contribution in [1.29, 1.82) is 0 Å². The van der Waals surface area contributed by atoms with Gasteiger partial charge in [0.2, 0.25) is 15.9 Å². The van der Waals surface area contributed by atoms with Crippen molar-refractivity contribution >= 4 is 21.6 Å². The third-order valence-electron chi connectivity index (χ3n) is 4.30. The molecule has 0 aliphatic carbocycles. The van der Waals surface area contributed by atoms with E-state index >= 15 is 0 Å². The Balaban J connectivity index is 2.26. The Labute approximate surface area is 172 Å². The fourth-order valence-electron chi connectivity index (χ4n) is 2.83. The molecule has 8 heteroatoms. The van der Waals surface area contributed by atoms with E-state index in [4.69, 9.17) is 9.47 Å². The van der Waals surface area contributed by atoms with Gasteiger partial charge in [-0.2, -0.15) is 4.72 Å². The zero-order chi connectivity index (χ0) is 21.6. The highest BCUT2D eigenvalue weighted by molar-refractivity contribution is 7.89. The number of carbonyl (C=O) groups is 1. The summed E-state index contributed by atoms with van der Waals surface area (Å²) >= 11 is 0. The van der Waals surface area contributed by atoms with Gasteiger partial charge in [-0.25, -0.2) is 8.42 Å². The van der Waals surface area contributed by atoms with Crippen LogP contribution < -0.4 is 19.5 Å². The second kappa shape index (κ2) is 9.76. The average Bonchev–Trinajstić information content (AvgIpc) is 2.67. The Hall–Kier alpha value is -2.58. The van der Waals surface area contributed by atoms with Crippen molar-refractivity contribution in [1.82, 2.24) is 4.72 Å².